The van der Waals surface area contributed by atoms with E-state index >= 15 is 0 Å². The Labute approximate surface area is 98.6 Å². The maximum atomic E-state index is 11.5. The summed E-state index contributed by atoms with van der Waals surface area (Å²) < 4.78 is 43.3. The molecule has 0 rings (SSSR count). The van der Waals surface area contributed by atoms with Gasteiger partial charge in [-0.05, 0) is 6.92 Å². The molecule has 0 aliphatic carbocycles. The molecule has 0 spiro atoms. The number of hydrogen-bond acceptors (Lipinski definition) is 3. The van der Waals surface area contributed by atoms with Crippen molar-refractivity contribution >= 4 is 36.0 Å². The summed E-state index contributed by atoms with van der Waals surface area (Å²) in [5.41, 5.74) is 0. The minimum absolute atomic E-state index is 0.000000000000000111. The molecule has 3 nitrogen and oxygen atoms in total. The van der Waals surface area contributed by atoms with Gasteiger partial charge in [-0.2, -0.15) is 13.2 Å². The first-order valence-electron chi connectivity index (χ1n) is 4.29. The number of Topliss-reactive ketones (excluding diaryl/α,β-unsaturated/α-hetero) is 1. The summed E-state index contributed by atoms with van der Waals surface area (Å²) in [5, 5.41) is 0. The Balaban J connectivity index is 0. The number of hydrogen-bond donors (Lipinski definition) is 0. The van der Waals surface area contributed by atoms with Crippen LogP contribution < -0.4 is 0 Å². The maximum absolute atomic E-state index is 11.5. The fourth-order valence-electron chi connectivity index (χ4n) is 0.443. The molecule has 0 aliphatic rings. The van der Waals surface area contributed by atoms with E-state index in [9.17, 15) is 22.8 Å². The van der Waals surface area contributed by atoms with Crippen LogP contribution in [0.5, 0.6) is 0 Å². The van der Waals surface area contributed by atoms with Crippen LogP contribution in [-0.4, -0.2) is 48.8 Å². The molecule has 7 heteroatoms. The molecule has 0 radical (unpaired) electrons. The van der Waals surface area contributed by atoms with Crippen molar-refractivity contribution in [1.82, 2.24) is 0 Å². The van der Waals surface area contributed by atoms with Gasteiger partial charge in [0.15, 0.2) is 0 Å². The zero-order chi connectivity index (χ0) is 12.5. The molecule has 0 N–H and O–H groups in total. The number of ketones is 1. The summed E-state index contributed by atoms with van der Waals surface area (Å²) in [6.45, 7) is 1.40. The number of rotatable bonds is 3. The normalized spacial score (nSPS) is 9.47. The van der Waals surface area contributed by atoms with Gasteiger partial charge in [-0.1, -0.05) is 0 Å². The molecule has 0 aromatic rings. The van der Waals surface area contributed by atoms with Gasteiger partial charge in [0.2, 0.25) is 5.78 Å². The molecule has 0 aromatic heterocycles. The Kier molecular flexibility index (Phi) is 10.5. The van der Waals surface area contributed by atoms with Gasteiger partial charge in [0.1, 0.15) is 6.42 Å². The van der Waals surface area contributed by atoms with Crippen LogP contribution in [0.15, 0.2) is 0 Å². The van der Waals surface area contributed by atoms with E-state index < -0.39 is 24.3 Å². The van der Waals surface area contributed by atoms with Crippen LogP contribution in [0.1, 0.15) is 13.3 Å². The van der Waals surface area contributed by atoms with Gasteiger partial charge < -0.3 is 4.74 Å². The summed E-state index contributed by atoms with van der Waals surface area (Å²) >= 11 is -0.000000000000000111. The first kappa shape index (κ1) is 17.3. The van der Waals surface area contributed by atoms with Crippen LogP contribution in [0.3, 0.4) is 0 Å². The molecule has 0 bridgehead atoms. The molecule has 0 saturated carbocycles. The predicted octanol–water partition coefficient (Wildman–Crippen LogP) is 1.86. The molecule has 0 saturated heterocycles. The van der Waals surface area contributed by atoms with Crippen molar-refractivity contribution in [1.29, 1.82) is 0 Å². The fourth-order valence-corrected chi connectivity index (χ4v) is 0.443. The minimum atomic E-state index is -4.95. The number of carbonyl (C=O) groups excluding carboxylic acids is 2. The third kappa shape index (κ3) is 11.8. The molecule has 0 fully saturated rings. The van der Waals surface area contributed by atoms with E-state index in [1.807, 2.05) is 0 Å². The van der Waals surface area contributed by atoms with E-state index in [0.29, 0.717) is 0 Å². The van der Waals surface area contributed by atoms with Crippen molar-refractivity contribution < 1.29 is 27.5 Å². The molecule has 0 aliphatic heterocycles. The van der Waals surface area contributed by atoms with Crippen LogP contribution in [0.2, 0.25) is 8.97 Å². The Hall–Kier alpha value is -0.148. The molecule has 0 amide bonds. The van der Waals surface area contributed by atoms with E-state index in [2.05, 4.69) is 13.7 Å². The summed E-state index contributed by atoms with van der Waals surface area (Å²) in [7, 11) is 0. The number of ether oxygens (including phenoxy) is 1. The monoisotopic (exact) mass is 419 g/mol. The van der Waals surface area contributed by atoms with Crippen molar-refractivity contribution in [2.24, 2.45) is 0 Å². The Morgan fingerprint density at radius 2 is 1.67 bits per heavy atom. The summed E-state index contributed by atoms with van der Waals surface area (Å²) in [6.07, 6.45) is -6.19. The number of carbonyl (C=O) groups is 2. The molecule has 87 valence electrons. The second-order valence-corrected chi connectivity index (χ2v) is 6.97. The zero-order valence-corrected chi connectivity index (χ0v) is 13.3. The molecular weight excluding hydrogens is 405 g/mol. The third-order valence-corrected chi connectivity index (χ3v) is 0.926. The van der Waals surface area contributed by atoms with E-state index in [4.69, 9.17) is 0 Å². The van der Waals surface area contributed by atoms with Gasteiger partial charge in [-0.25, -0.2) is 0 Å². The first-order chi connectivity index (χ1) is 6.79. The van der Waals surface area contributed by atoms with E-state index in [1.54, 1.807) is 0 Å². The second kappa shape index (κ2) is 9.11. The standard InChI is InChI=1S/C6H7F3O3.2CH3.Tl/c1-2-12-5(11)3-4(10)6(7,8)9;;;/h2-3H2,1H3;2*1H3;. The first-order valence-corrected chi connectivity index (χ1v) is 13.3. The van der Waals surface area contributed by atoms with E-state index in [-0.39, 0.29) is 30.8 Å². The van der Waals surface area contributed by atoms with Crippen LogP contribution in [0.4, 0.5) is 13.2 Å². The summed E-state index contributed by atoms with van der Waals surface area (Å²) in [6, 6.07) is 0. The van der Waals surface area contributed by atoms with Gasteiger partial charge in [-0.15, -0.1) is 0 Å². The van der Waals surface area contributed by atoms with Crippen LogP contribution in [0.25, 0.3) is 0 Å². The molecular formula is C8H13F3O3Tl. The van der Waals surface area contributed by atoms with E-state index in [0.717, 1.165) is 0 Å². The van der Waals surface area contributed by atoms with Crippen LogP contribution in [-0.2, 0) is 14.3 Å². The van der Waals surface area contributed by atoms with Gasteiger partial charge in [0, 0.05) is 0 Å². The molecule has 0 atom stereocenters. The number of esters is 1. The fraction of sp³-hybridized carbons (Fsp3) is 0.750. The van der Waals surface area contributed by atoms with E-state index in [1.165, 1.54) is 6.92 Å². The van der Waals surface area contributed by atoms with Crippen LogP contribution >= 0.6 is 0 Å². The Morgan fingerprint density at radius 1 is 1.27 bits per heavy atom. The SMILES string of the molecule is CCOC(=O)CC(=O)C(F)(F)F.[CH3][Tl][CH3]. The summed E-state index contributed by atoms with van der Waals surface area (Å²) in [4.78, 5) is 20.5. The second-order valence-electron chi connectivity index (χ2n) is 2.48. The van der Waals surface area contributed by atoms with Crippen molar-refractivity contribution in [2.75, 3.05) is 6.61 Å². The van der Waals surface area contributed by atoms with Crippen LogP contribution in [0, 0.1) is 0 Å². The van der Waals surface area contributed by atoms with Gasteiger partial charge in [0.05, 0.1) is 6.61 Å². The average Bonchev–Trinajstić information content (AvgIpc) is 2.03. The van der Waals surface area contributed by atoms with Gasteiger partial charge in [0.25, 0.3) is 0 Å². The van der Waals surface area contributed by atoms with Crippen molar-refractivity contribution in [3.8, 4) is 0 Å². The Bertz CT molecular complexity index is 204. The van der Waals surface area contributed by atoms with Gasteiger partial charge >= 0.3 is 45.3 Å². The van der Waals surface area contributed by atoms with Crippen molar-refractivity contribution in [3.05, 3.63) is 0 Å². The third-order valence-electron chi connectivity index (χ3n) is 0.926. The summed E-state index contributed by atoms with van der Waals surface area (Å²) in [5.74, 6) is -3.24. The quantitative estimate of drug-likeness (QED) is 0.399. The predicted molar refractivity (Wildman–Crippen MR) is 49.8 cm³/mol. The van der Waals surface area contributed by atoms with Crippen molar-refractivity contribution in [3.63, 3.8) is 0 Å². The molecule has 0 heterocycles. The number of halogens is 3. The average molecular weight is 419 g/mol. The molecule has 0 unspecified atom stereocenters. The van der Waals surface area contributed by atoms with Crippen molar-refractivity contribution in [2.45, 2.75) is 28.5 Å². The van der Waals surface area contributed by atoms with Gasteiger partial charge in [-0.3, -0.25) is 9.59 Å². The zero-order valence-electron chi connectivity index (χ0n) is 8.85. The topological polar surface area (TPSA) is 43.4 Å². The molecule has 15 heavy (non-hydrogen) atoms. The molecule has 0 aromatic carbocycles. The Morgan fingerprint density at radius 3 is 1.93 bits per heavy atom. The number of alkyl halides is 3.